The number of benzene rings is 1. The van der Waals surface area contributed by atoms with Gasteiger partial charge < -0.3 is 0 Å². The van der Waals surface area contributed by atoms with E-state index in [0.717, 1.165) is 11.1 Å². The van der Waals surface area contributed by atoms with Crippen LogP contribution in [0.2, 0.25) is 0 Å². The van der Waals surface area contributed by atoms with E-state index in [9.17, 15) is 4.79 Å². The van der Waals surface area contributed by atoms with Crippen LogP contribution in [0.15, 0.2) is 60.5 Å². The second kappa shape index (κ2) is 5.96. The Bertz CT molecular complexity index is 621. The molecule has 0 saturated heterocycles. The normalized spacial score (nSPS) is 12.0. The van der Waals surface area contributed by atoms with E-state index in [2.05, 4.69) is 5.10 Å². The molecule has 3 heteroatoms. The fourth-order valence-corrected chi connectivity index (χ4v) is 1.71. The topological polar surface area (TPSA) is 34.9 Å². The van der Waals surface area contributed by atoms with Crippen LogP contribution in [0.5, 0.6) is 0 Å². The van der Waals surface area contributed by atoms with E-state index in [1.165, 1.54) is 0 Å². The molecule has 19 heavy (non-hydrogen) atoms. The minimum absolute atomic E-state index is 0.0334. The molecule has 0 radical (unpaired) electrons. The lowest BCUT2D eigenvalue weighted by atomic mass is 10.1. The molecule has 96 valence electrons. The Morgan fingerprint density at radius 1 is 1.21 bits per heavy atom. The molecule has 0 spiro atoms. The van der Waals surface area contributed by atoms with Gasteiger partial charge in [0.25, 0.3) is 0 Å². The number of carbonyl (C=O) groups is 1. The predicted octanol–water partition coefficient (Wildman–Crippen LogP) is 3.26. The first-order chi connectivity index (χ1) is 9.15. The van der Waals surface area contributed by atoms with Gasteiger partial charge in [0.1, 0.15) is 0 Å². The fraction of sp³-hybridized carbons (Fsp3) is 0.125. The molecule has 3 nitrogen and oxygen atoms in total. The number of nitrogens with zero attached hydrogens (tertiary/aromatic N) is 2. The summed E-state index contributed by atoms with van der Waals surface area (Å²) in [4.78, 5) is 11.8. The highest BCUT2D eigenvalue weighted by atomic mass is 16.1. The molecule has 2 rings (SSSR count). The zero-order chi connectivity index (χ0) is 13.7. The Labute approximate surface area is 112 Å². The van der Waals surface area contributed by atoms with Crippen molar-refractivity contribution >= 4 is 11.9 Å². The molecule has 0 aliphatic heterocycles. The van der Waals surface area contributed by atoms with Gasteiger partial charge in [0.05, 0.1) is 11.8 Å². The maximum absolute atomic E-state index is 11.8. The van der Waals surface area contributed by atoms with Crippen LogP contribution in [-0.4, -0.2) is 15.6 Å². The first-order valence-corrected chi connectivity index (χ1v) is 6.09. The maximum atomic E-state index is 11.8. The molecule has 1 aromatic heterocycles. The summed E-state index contributed by atoms with van der Waals surface area (Å²) in [6, 6.07) is 10.0. The van der Waals surface area contributed by atoms with Crippen molar-refractivity contribution in [1.82, 2.24) is 9.78 Å². The van der Waals surface area contributed by atoms with Gasteiger partial charge >= 0.3 is 0 Å². The summed E-state index contributed by atoms with van der Waals surface area (Å²) in [5, 5.41) is 3.98. The summed E-state index contributed by atoms with van der Waals surface area (Å²) in [7, 11) is 1.79. The summed E-state index contributed by atoms with van der Waals surface area (Å²) >= 11 is 0. The van der Waals surface area contributed by atoms with Gasteiger partial charge in [0, 0.05) is 13.2 Å². The largest absolute Gasteiger partial charge is 0.289 e. The first-order valence-electron chi connectivity index (χ1n) is 6.09. The zero-order valence-electron chi connectivity index (χ0n) is 11.1. The van der Waals surface area contributed by atoms with Crippen molar-refractivity contribution in [2.24, 2.45) is 7.05 Å². The van der Waals surface area contributed by atoms with Crippen molar-refractivity contribution in [1.29, 1.82) is 0 Å². The third kappa shape index (κ3) is 3.78. The average Bonchev–Trinajstić information content (AvgIpc) is 2.84. The van der Waals surface area contributed by atoms with Gasteiger partial charge in [0.2, 0.25) is 0 Å². The number of aryl methyl sites for hydroxylation is 1. The number of carbonyl (C=O) groups excluding carboxylic acids is 1. The number of ketones is 1. The molecule has 1 heterocycles. The highest BCUT2D eigenvalue weighted by Gasteiger charge is 2.03. The Hall–Kier alpha value is -2.42. The Morgan fingerprint density at radius 2 is 1.95 bits per heavy atom. The molecule has 0 aliphatic carbocycles. The lowest BCUT2D eigenvalue weighted by Crippen LogP contribution is -1.92. The molecule has 1 aromatic carbocycles. The fourth-order valence-electron chi connectivity index (χ4n) is 1.71. The van der Waals surface area contributed by atoms with Gasteiger partial charge in [-0.15, -0.1) is 0 Å². The third-order valence-corrected chi connectivity index (χ3v) is 2.68. The number of allylic oxidation sites excluding steroid dienone is 3. The second-order valence-electron chi connectivity index (χ2n) is 4.40. The summed E-state index contributed by atoms with van der Waals surface area (Å²) in [6.07, 6.45) is 8.72. The molecule has 0 fully saturated rings. The molecule has 0 N–H and O–H groups in total. The van der Waals surface area contributed by atoms with Crippen molar-refractivity contribution in [3.8, 4) is 0 Å². The predicted molar refractivity (Wildman–Crippen MR) is 76.8 cm³/mol. The molecule has 0 atom stereocenters. The van der Waals surface area contributed by atoms with Crippen LogP contribution in [0.1, 0.15) is 22.8 Å². The van der Waals surface area contributed by atoms with Crippen LogP contribution in [-0.2, 0) is 7.05 Å². The van der Waals surface area contributed by atoms with Crippen LogP contribution in [0.4, 0.5) is 0 Å². The number of rotatable bonds is 4. The summed E-state index contributed by atoms with van der Waals surface area (Å²) in [5.74, 6) is -0.0334. The smallest absolute Gasteiger partial charge is 0.188 e. The van der Waals surface area contributed by atoms with Crippen molar-refractivity contribution in [2.45, 2.75) is 6.92 Å². The summed E-state index contributed by atoms with van der Waals surface area (Å²) in [6.45, 7) is 1.97. The van der Waals surface area contributed by atoms with E-state index in [-0.39, 0.29) is 5.78 Å². The Morgan fingerprint density at radius 3 is 2.58 bits per heavy atom. The van der Waals surface area contributed by atoms with Crippen LogP contribution >= 0.6 is 0 Å². The van der Waals surface area contributed by atoms with E-state index in [4.69, 9.17) is 0 Å². The molecule has 0 aliphatic rings. The van der Waals surface area contributed by atoms with E-state index < -0.39 is 0 Å². The molecule has 0 amide bonds. The molecule has 0 unspecified atom stereocenters. The highest BCUT2D eigenvalue weighted by Crippen LogP contribution is 2.08. The maximum Gasteiger partial charge on any atom is 0.188 e. The Kier molecular flexibility index (Phi) is 4.08. The summed E-state index contributed by atoms with van der Waals surface area (Å²) < 4.78 is 1.62. The molecular formula is C16H16N2O. The van der Waals surface area contributed by atoms with Gasteiger partial charge in [-0.2, -0.15) is 5.10 Å². The van der Waals surface area contributed by atoms with Crippen molar-refractivity contribution in [2.75, 3.05) is 0 Å². The SMILES string of the molecule is CC(=C/c1ccccc1)/C=C/C(=O)c1cnn(C)c1. The van der Waals surface area contributed by atoms with Crippen LogP contribution in [0, 0.1) is 0 Å². The standard InChI is InChI=1S/C16H16N2O/c1-13(10-14-6-4-3-5-7-14)8-9-16(19)15-11-17-18(2)12-15/h3-12H,1-2H3/b9-8+,13-10-. The van der Waals surface area contributed by atoms with E-state index >= 15 is 0 Å². The van der Waals surface area contributed by atoms with Crippen molar-refractivity contribution in [3.63, 3.8) is 0 Å². The van der Waals surface area contributed by atoms with Gasteiger partial charge in [-0.1, -0.05) is 48.1 Å². The molecule has 2 aromatic rings. The average molecular weight is 252 g/mol. The minimum Gasteiger partial charge on any atom is -0.289 e. The summed E-state index contributed by atoms with van der Waals surface area (Å²) in [5.41, 5.74) is 2.76. The van der Waals surface area contributed by atoms with Crippen molar-refractivity contribution in [3.05, 3.63) is 71.6 Å². The van der Waals surface area contributed by atoms with Gasteiger partial charge in [0.15, 0.2) is 5.78 Å². The lowest BCUT2D eigenvalue weighted by molar-refractivity contribution is 0.104. The van der Waals surface area contributed by atoms with Gasteiger partial charge in [-0.05, 0) is 18.6 Å². The quantitative estimate of drug-likeness (QED) is 0.475. The monoisotopic (exact) mass is 252 g/mol. The Balaban J connectivity index is 2.06. The van der Waals surface area contributed by atoms with E-state index in [1.54, 1.807) is 30.2 Å². The molecular weight excluding hydrogens is 236 g/mol. The van der Waals surface area contributed by atoms with Gasteiger partial charge in [-0.3, -0.25) is 9.48 Å². The minimum atomic E-state index is -0.0334. The second-order valence-corrected chi connectivity index (χ2v) is 4.40. The lowest BCUT2D eigenvalue weighted by Gasteiger charge is -1.94. The molecule has 0 bridgehead atoms. The van der Waals surface area contributed by atoms with Crippen LogP contribution < -0.4 is 0 Å². The number of hydrogen-bond donors (Lipinski definition) is 0. The number of aromatic nitrogens is 2. The zero-order valence-corrected chi connectivity index (χ0v) is 11.1. The van der Waals surface area contributed by atoms with Gasteiger partial charge in [-0.25, -0.2) is 0 Å². The van der Waals surface area contributed by atoms with Crippen molar-refractivity contribution < 1.29 is 4.79 Å². The first kappa shape index (κ1) is 13.0. The van der Waals surface area contributed by atoms with Crippen LogP contribution in [0.3, 0.4) is 0 Å². The van der Waals surface area contributed by atoms with E-state index in [0.29, 0.717) is 5.56 Å². The number of hydrogen-bond acceptors (Lipinski definition) is 2. The highest BCUT2D eigenvalue weighted by molar-refractivity contribution is 6.04. The molecule has 0 saturated carbocycles. The van der Waals surface area contributed by atoms with Crippen LogP contribution in [0.25, 0.3) is 6.08 Å². The third-order valence-electron chi connectivity index (χ3n) is 2.68. The van der Waals surface area contributed by atoms with E-state index in [1.807, 2.05) is 49.4 Å².